The summed E-state index contributed by atoms with van der Waals surface area (Å²) >= 11 is 6.42. The Bertz CT molecular complexity index is 1260. The number of hydrogen-bond acceptors (Lipinski definition) is 14. The van der Waals surface area contributed by atoms with Crippen LogP contribution in [0.15, 0.2) is 17.1 Å². The van der Waals surface area contributed by atoms with Gasteiger partial charge in [0.25, 0.3) is 5.56 Å². The van der Waals surface area contributed by atoms with Crippen molar-refractivity contribution in [1.29, 1.82) is 0 Å². The number of thioether (sulfide) groups is 1. The number of rotatable bonds is 12. The molecule has 0 radical (unpaired) electrons. The second-order valence-electron chi connectivity index (χ2n) is 11.0. The van der Waals surface area contributed by atoms with E-state index in [1.807, 2.05) is 0 Å². The number of nitrogens with one attached hydrogen (secondary N) is 1. The van der Waals surface area contributed by atoms with Crippen molar-refractivity contribution in [2.45, 2.75) is 72.5 Å². The highest BCUT2D eigenvalue weighted by atomic mass is 32.2. The number of carbonyl (C=O) groups is 2. The summed E-state index contributed by atoms with van der Waals surface area (Å²) in [6.07, 6.45) is -4.24. The molecule has 2 heterocycles. The van der Waals surface area contributed by atoms with Crippen molar-refractivity contribution in [2.24, 2.45) is 10.8 Å². The number of hydrogen-bond donors (Lipinski definition) is 3. The number of ether oxygens (including phenoxy) is 1. The molecule has 5 atom stereocenters. The molecule has 1 aromatic rings. The largest absolute Gasteiger partial charge is 0.477 e. The highest BCUT2D eigenvalue weighted by molar-refractivity contribution is 8.13. The lowest BCUT2D eigenvalue weighted by molar-refractivity contribution is -0.118. The lowest BCUT2D eigenvalue weighted by atomic mass is 9.96. The van der Waals surface area contributed by atoms with Gasteiger partial charge >= 0.3 is 7.82 Å². The van der Waals surface area contributed by atoms with Crippen molar-refractivity contribution >= 4 is 54.1 Å². The molecule has 0 amide bonds. The van der Waals surface area contributed by atoms with Gasteiger partial charge in [0, 0.05) is 28.8 Å². The number of aromatic amines is 1. The Morgan fingerprint density at radius 2 is 1.85 bits per heavy atom. The molecule has 0 aromatic carbocycles. The number of nitrogens with zero attached hydrogens (tertiary/aromatic N) is 1. The topological polar surface area (TPSA) is 176 Å². The molecule has 13 nitrogen and oxygen atoms in total. The number of phosphoric ester groups is 1. The van der Waals surface area contributed by atoms with Crippen molar-refractivity contribution in [3.8, 4) is 0 Å². The third-order valence-corrected chi connectivity index (χ3v) is 9.02. The minimum absolute atomic E-state index is 0.0116. The monoisotopic (exact) mass is 646 g/mol. The van der Waals surface area contributed by atoms with Crippen LogP contribution in [0, 0.1) is 15.6 Å². The average Bonchev–Trinajstić information content (AvgIpc) is 3.07. The molecule has 17 heteroatoms. The maximum absolute atomic E-state index is 13.5. The van der Waals surface area contributed by atoms with E-state index in [9.17, 15) is 29.2 Å². The zero-order chi connectivity index (χ0) is 32.3. The summed E-state index contributed by atoms with van der Waals surface area (Å²) in [5.41, 5.74) is -4.11. The summed E-state index contributed by atoms with van der Waals surface area (Å²) < 4.78 is 57.6. The maximum atomic E-state index is 13.5. The molecule has 228 valence electrons. The standard InChI is InChI=1S/C23H37N2O11PS3/c1-21(2,3)18(28)39-11-10-32-37(31,34-13-35-40-19(29)22(4,5)6)33-12-14-16(27)23(7,30)17(36-14)25-9-8-15(26)24-20(25)38/h8-9,14,16-17,27,30H,10-13H2,1-7H3,(H,24,26,38)/t14-,16+,17-,23?,37?/m1/s1/i12D2. The normalized spacial score (nSPS) is 26.2. The molecular formula is C23H37N2O11PS3. The predicted octanol–water partition coefficient (Wildman–Crippen LogP) is 3.57. The molecule has 40 heavy (non-hydrogen) atoms. The van der Waals surface area contributed by atoms with Crippen molar-refractivity contribution in [3.63, 3.8) is 0 Å². The fraction of sp³-hybridized carbons (Fsp3) is 0.739. The Hall–Kier alpha value is -0.910. The van der Waals surface area contributed by atoms with Crippen LogP contribution in [0.1, 0.15) is 57.4 Å². The first-order valence-electron chi connectivity index (χ1n) is 13.0. The number of H-pyrrole nitrogens is 1. The van der Waals surface area contributed by atoms with Gasteiger partial charge in [-0.3, -0.25) is 41.7 Å². The quantitative estimate of drug-likeness (QED) is 0.0988. The third-order valence-electron chi connectivity index (χ3n) is 5.23. The molecule has 2 unspecified atom stereocenters. The van der Waals surface area contributed by atoms with Gasteiger partial charge in [-0.15, -0.1) is 0 Å². The number of phosphoric acid groups is 1. The average molecular weight is 647 g/mol. The van der Waals surface area contributed by atoms with Crippen LogP contribution in [0.25, 0.3) is 0 Å². The van der Waals surface area contributed by atoms with Gasteiger partial charge in [-0.2, -0.15) is 0 Å². The highest BCUT2D eigenvalue weighted by Crippen LogP contribution is 2.51. The van der Waals surface area contributed by atoms with Crippen LogP contribution in [-0.2, 0) is 36.6 Å². The van der Waals surface area contributed by atoms with Crippen LogP contribution >= 0.6 is 43.8 Å². The predicted molar refractivity (Wildman–Crippen MR) is 152 cm³/mol. The minimum Gasteiger partial charge on any atom is -0.387 e. The lowest BCUT2D eigenvalue weighted by Crippen LogP contribution is -2.44. The highest BCUT2D eigenvalue weighted by Gasteiger charge is 2.53. The number of aromatic nitrogens is 2. The molecule has 3 N–H and O–H groups in total. The van der Waals surface area contributed by atoms with Crippen LogP contribution in [0.3, 0.4) is 0 Å². The molecule has 0 aliphatic carbocycles. The molecule has 0 spiro atoms. The van der Waals surface area contributed by atoms with E-state index in [1.54, 1.807) is 41.5 Å². The van der Waals surface area contributed by atoms with Gasteiger partial charge in [0.05, 0.1) is 28.0 Å². The zero-order valence-corrected chi connectivity index (χ0v) is 26.5. The number of carbonyl (C=O) groups excluding carboxylic acids is 2. The molecule has 2 rings (SSSR count). The van der Waals surface area contributed by atoms with Crippen LogP contribution in [-0.4, -0.2) is 73.5 Å². The molecule has 1 aliphatic heterocycles. The van der Waals surface area contributed by atoms with Crippen LogP contribution in [0.5, 0.6) is 0 Å². The maximum Gasteiger partial charge on any atom is 0.477 e. The molecule has 0 bridgehead atoms. The van der Waals surface area contributed by atoms with E-state index in [-0.39, 0.29) is 27.4 Å². The second kappa shape index (κ2) is 14.0. The van der Waals surface area contributed by atoms with E-state index < -0.39 is 61.6 Å². The van der Waals surface area contributed by atoms with E-state index in [4.69, 9.17) is 37.5 Å². The smallest absolute Gasteiger partial charge is 0.387 e. The van der Waals surface area contributed by atoms with Crippen LogP contribution in [0.4, 0.5) is 0 Å². The Kier molecular flexibility index (Phi) is 11.2. The fourth-order valence-corrected chi connectivity index (χ4v) is 5.45. The molecule has 1 aliphatic rings. The minimum atomic E-state index is -4.87. The SMILES string of the molecule is [2H]C([2H])(OP(=O)(OCCSC(=O)C(C)(C)C)OCOSC(=O)C(C)(C)C)[C@H]1O[C@@H](n2ccc(=O)[nH]c2=S)C(C)(O)[C@H]1O. The molecule has 1 aromatic heterocycles. The van der Waals surface area contributed by atoms with E-state index >= 15 is 0 Å². The summed E-state index contributed by atoms with van der Waals surface area (Å²) in [4.78, 5) is 38.2. The molecule has 1 fully saturated rings. The first-order chi connectivity index (χ1) is 19.0. The van der Waals surface area contributed by atoms with E-state index in [1.165, 1.54) is 6.20 Å². The fourth-order valence-electron chi connectivity index (χ4n) is 2.85. The Labute approximate surface area is 249 Å². The van der Waals surface area contributed by atoms with Gasteiger partial charge < -0.3 is 14.9 Å². The van der Waals surface area contributed by atoms with Gasteiger partial charge in [0.2, 0.25) is 5.12 Å². The summed E-state index contributed by atoms with van der Waals surface area (Å²) in [7, 11) is -4.87. The van der Waals surface area contributed by atoms with E-state index in [0.717, 1.165) is 29.3 Å². The third kappa shape index (κ3) is 9.83. The van der Waals surface area contributed by atoms with Gasteiger partial charge in [-0.25, -0.2) is 4.57 Å². The van der Waals surface area contributed by atoms with Crippen LogP contribution < -0.4 is 5.56 Å². The molecule has 1 saturated heterocycles. The number of aliphatic hydroxyl groups is 2. The first kappa shape index (κ1) is 32.0. The van der Waals surface area contributed by atoms with Crippen molar-refractivity contribution in [2.75, 3.05) is 25.7 Å². The molecular weight excluding hydrogens is 607 g/mol. The summed E-state index contributed by atoms with van der Waals surface area (Å²) in [6, 6.07) is 1.08. The first-order valence-corrected chi connectivity index (χ1v) is 15.6. The lowest BCUT2D eigenvalue weighted by Gasteiger charge is -2.28. The summed E-state index contributed by atoms with van der Waals surface area (Å²) in [5.74, 6) is 0.0116. The van der Waals surface area contributed by atoms with Crippen LogP contribution in [0.2, 0.25) is 0 Å². The summed E-state index contributed by atoms with van der Waals surface area (Å²) in [5, 5.41) is 21.3. The molecule has 0 saturated carbocycles. The van der Waals surface area contributed by atoms with Crippen molar-refractivity contribution in [1.82, 2.24) is 9.55 Å². The Morgan fingerprint density at radius 3 is 2.42 bits per heavy atom. The van der Waals surface area contributed by atoms with Gasteiger partial charge in [-0.1, -0.05) is 53.3 Å². The van der Waals surface area contributed by atoms with E-state index in [2.05, 4.69) is 4.98 Å². The zero-order valence-electron chi connectivity index (χ0n) is 25.2. The van der Waals surface area contributed by atoms with Crippen molar-refractivity contribution in [3.05, 3.63) is 27.4 Å². The Balaban J connectivity index is 2.24. The summed E-state index contributed by atoms with van der Waals surface area (Å²) in [6.45, 7) is 6.95. The second-order valence-corrected chi connectivity index (χ2v) is 14.8. The number of aliphatic hydroxyl groups excluding tert-OH is 1. The van der Waals surface area contributed by atoms with Gasteiger partial charge in [0.1, 0.15) is 17.8 Å². The van der Waals surface area contributed by atoms with Gasteiger partial charge in [0.15, 0.2) is 22.9 Å². The van der Waals surface area contributed by atoms with Gasteiger partial charge in [-0.05, 0) is 19.1 Å². The Morgan fingerprint density at radius 1 is 1.23 bits per heavy atom. The van der Waals surface area contributed by atoms with E-state index in [0.29, 0.717) is 12.0 Å². The van der Waals surface area contributed by atoms with Crippen molar-refractivity contribution < 1.29 is 49.6 Å².